The largest absolute Gasteiger partial charge is 0.497 e. The molecule has 0 radical (unpaired) electrons. The fourth-order valence-corrected chi connectivity index (χ4v) is 1.60. The maximum absolute atomic E-state index is 5.96. The summed E-state index contributed by atoms with van der Waals surface area (Å²) in [5.41, 5.74) is 7.37. The molecule has 0 atom stereocenters. The van der Waals surface area contributed by atoms with Crippen LogP contribution in [0.1, 0.15) is 13.3 Å². The van der Waals surface area contributed by atoms with Crippen molar-refractivity contribution in [2.24, 2.45) is 0 Å². The first kappa shape index (κ1) is 12.3. The zero-order valence-corrected chi connectivity index (χ0v) is 10.6. The minimum absolute atomic E-state index is 0.611. The van der Waals surface area contributed by atoms with Crippen molar-refractivity contribution in [2.45, 2.75) is 13.3 Å². The smallest absolute Gasteiger partial charge is 0.157 e. The first-order valence-electron chi connectivity index (χ1n) is 5.86. The number of anilines is 1. The molecule has 2 rings (SSSR count). The van der Waals surface area contributed by atoms with Crippen molar-refractivity contribution in [1.29, 1.82) is 0 Å². The van der Waals surface area contributed by atoms with Crippen LogP contribution in [0.2, 0.25) is 0 Å². The van der Waals surface area contributed by atoms with E-state index in [0.29, 0.717) is 12.3 Å². The van der Waals surface area contributed by atoms with Gasteiger partial charge in [-0.15, -0.1) is 0 Å². The molecule has 0 aliphatic rings. The molecule has 0 unspecified atom stereocenters. The molecule has 1 aromatic carbocycles. The van der Waals surface area contributed by atoms with Crippen LogP contribution in [0.3, 0.4) is 0 Å². The summed E-state index contributed by atoms with van der Waals surface area (Å²) < 4.78 is 12.3. The van der Waals surface area contributed by atoms with Crippen molar-refractivity contribution in [3.05, 3.63) is 30.6 Å². The van der Waals surface area contributed by atoms with Gasteiger partial charge in [0.05, 0.1) is 37.5 Å². The minimum Gasteiger partial charge on any atom is -0.497 e. The topological polar surface area (TPSA) is 62.3 Å². The molecule has 0 amide bonds. The summed E-state index contributed by atoms with van der Waals surface area (Å²) >= 11 is 0. The second kappa shape index (κ2) is 5.44. The quantitative estimate of drug-likeness (QED) is 0.823. The van der Waals surface area contributed by atoms with Crippen LogP contribution < -0.4 is 15.2 Å². The lowest BCUT2D eigenvalue weighted by molar-refractivity contribution is 0.317. The Hall–Kier alpha value is -2.17. The lowest BCUT2D eigenvalue weighted by Gasteiger charge is -2.07. The van der Waals surface area contributed by atoms with E-state index >= 15 is 0 Å². The molecule has 1 heterocycles. The summed E-state index contributed by atoms with van der Waals surface area (Å²) in [7, 11) is 1.61. The van der Waals surface area contributed by atoms with Gasteiger partial charge in [0.25, 0.3) is 0 Å². The summed E-state index contributed by atoms with van der Waals surface area (Å²) in [5.74, 6) is 1.47. The third-order valence-corrected chi connectivity index (χ3v) is 2.51. The number of aromatic nitrogens is 2. The molecule has 0 aliphatic heterocycles. The second-order valence-electron chi connectivity index (χ2n) is 3.89. The SMILES string of the molecule is CCCOc1cnn(-c2ccc(OC)cc2N)c1. The average molecular weight is 247 g/mol. The van der Waals surface area contributed by atoms with Crippen LogP contribution in [0.25, 0.3) is 5.69 Å². The fourth-order valence-electron chi connectivity index (χ4n) is 1.60. The van der Waals surface area contributed by atoms with E-state index in [1.807, 2.05) is 18.3 Å². The number of nitrogens with two attached hydrogens (primary N) is 1. The van der Waals surface area contributed by atoms with E-state index in [-0.39, 0.29) is 0 Å². The molecule has 0 spiro atoms. The van der Waals surface area contributed by atoms with E-state index in [2.05, 4.69) is 12.0 Å². The van der Waals surface area contributed by atoms with Crippen LogP contribution in [0.15, 0.2) is 30.6 Å². The Morgan fingerprint density at radius 3 is 2.83 bits per heavy atom. The monoisotopic (exact) mass is 247 g/mol. The van der Waals surface area contributed by atoms with E-state index < -0.39 is 0 Å². The molecule has 2 aromatic rings. The normalized spacial score (nSPS) is 10.3. The Labute approximate surface area is 106 Å². The number of nitrogen functional groups attached to an aromatic ring is 1. The molecule has 18 heavy (non-hydrogen) atoms. The van der Waals surface area contributed by atoms with Gasteiger partial charge in [0.2, 0.25) is 0 Å². The lowest BCUT2D eigenvalue weighted by atomic mass is 10.2. The highest BCUT2D eigenvalue weighted by Gasteiger charge is 2.06. The molecule has 1 aromatic heterocycles. The van der Waals surface area contributed by atoms with Gasteiger partial charge in [-0.05, 0) is 18.6 Å². The molecular formula is C13H17N3O2. The van der Waals surface area contributed by atoms with Crippen molar-refractivity contribution < 1.29 is 9.47 Å². The van der Waals surface area contributed by atoms with Crippen LogP contribution in [0.4, 0.5) is 5.69 Å². The predicted octanol–water partition coefficient (Wildman–Crippen LogP) is 2.25. The van der Waals surface area contributed by atoms with Crippen molar-refractivity contribution in [3.8, 4) is 17.2 Å². The van der Waals surface area contributed by atoms with Gasteiger partial charge in [0.15, 0.2) is 5.75 Å². The number of benzene rings is 1. The number of methoxy groups -OCH3 is 1. The van der Waals surface area contributed by atoms with Gasteiger partial charge < -0.3 is 15.2 Å². The molecule has 0 saturated heterocycles. The summed E-state index contributed by atoms with van der Waals surface area (Å²) in [5, 5.41) is 4.23. The zero-order chi connectivity index (χ0) is 13.0. The van der Waals surface area contributed by atoms with Gasteiger partial charge in [-0.25, -0.2) is 4.68 Å². The first-order chi connectivity index (χ1) is 8.74. The maximum Gasteiger partial charge on any atom is 0.157 e. The molecule has 5 heteroatoms. The van der Waals surface area contributed by atoms with Crippen molar-refractivity contribution >= 4 is 5.69 Å². The van der Waals surface area contributed by atoms with Gasteiger partial charge in [-0.2, -0.15) is 5.10 Å². The predicted molar refractivity (Wildman–Crippen MR) is 70.3 cm³/mol. The Balaban J connectivity index is 2.23. The van der Waals surface area contributed by atoms with Gasteiger partial charge in [-0.3, -0.25) is 0 Å². The second-order valence-corrected chi connectivity index (χ2v) is 3.89. The molecule has 0 fully saturated rings. The number of rotatable bonds is 5. The average Bonchev–Trinajstić information content (AvgIpc) is 2.84. The molecule has 96 valence electrons. The fraction of sp³-hybridized carbons (Fsp3) is 0.308. The van der Waals surface area contributed by atoms with Crippen LogP contribution in [0, 0.1) is 0 Å². The minimum atomic E-state index is 0.611. The van der Waals surface area contributed by atoms with E-state index in [9.17, 15) is 0 Å². The number of hydrogen-bond donors (Lipinski definition) is 1. The standard InChI is InChI=1S/C13H17N3O2/c1-3-6-18-11-8-15-16(9-11)13-5-4-10(17-2)7-12(13)14/h4-5,7-9H,3,6,14H2,1-2H3. The summed E-state index contributed by atoms with van der Waals surface area (Å²) in [6.45, 7) is 2.75. The highest BCUT2D eigenvalue weighted by atomic mass is 16.5. The molecule has 5 nitrogen and oxygen atoms in total. The van der Waals surface area contributed by atoms with Crippen molar-refractivity contribution in [1.82, 2.24) is 9.78 Å². The third-order valence-electron chi connectivity index (χ3n) is 2.51. The van der Waals surface area contributed by atoms with Gasteiger partial charge in [0.1, 0.15) is 5.75 Å². The van der Waals surface area contributed by atoms with Crippen LogP contribution in [-0.4, -0.2) is 23.5 Å². The molecular weight excluding hydrogens is 230 g/mol. The molecule has 0 aliphatic carbocycles. The lowest BCUT2D eigenvalue weighted by Crippen LogP contribution is -2.00. The molecule has 2 N–H and O–H groups in total. The van der Waals surface area contributed by atoms with Crippen molar-refractivity contribution in [2.75, 3.05) is 19.5 Å². The van der Waals surface area contributed by atoms with Crippen LogP contribution in [-0.2, 0) is 0 Å². The van der Waals surface area contributed by atoms with Gasteiger partial charge >= 0.3 is 0 Å². The van der Waals surface area contributed by atoms with E-state index in [1.165, 1.54) is 0 Å². The third kappa shape index (κ3) is 2.56. The molecule has 0 bridgehead atoms. The Kier molecular flexibility index (Phi) is 3.72. The first-order valence-corrected chi connectivity index (χ1v) is 5.86. The van der Waals surface area contributed by atoms with Gasteiger partial charge in [0, 0.05) is 6.07 Å². The highest BCUT2D eigenvalue weighted by molar-refractivity contribution is 5.60. The number of hydrogen-bond acceptors (Lipinski definition) is 4. The zero-order valence-electron chi connectivity index (χ0n) is 10.6. The van der Waals surface area contributed by atoms with Crippen LogP contribution in [0.5, 0.6) is 11.5 Å². The molecule has 0 saturated carbocycles. The Morgan fingerprint density at radius 2 is 2.17 bits per heavy atom. The van der Waals surface area contributed by atoms with E-state index in [1.54, 1.807) is 24.1 Å². The number of ether oxygens (including phenoxy) is 2. The van der Waals surface area contributed by atoms with E-state index in [0.717, 1.165) is 23.6 Å². The number of nitrogens with zero attached hydrogens (tertiary/aromatic N) is 2. The highest BCUT2D eigenvalue weighted by Crippen LogP contribution is 2.23. The summed E-state index contributed by atoms with van der Waals surface area (Å²) in [6.07, 6.45) is 4.46. The van der Waals surface area contributed by atoms with Crippen LogP contribution >= 0.6 is 0 Å². The van der Waals surface area contributed by atoms with Crippen molar-refractivity contribution in [3.63, 3.8) is 0 Å². The Bertz CT molecular complexity index is 523. The summed E-state index contributed by atoms with van der Waals surface area (Å²) in [4.78, 5) is 0. The Morgan fingerprint density at radius 1 is 1.33 bits per heavy atom. The van der Waals surface area contributed by atoms with E-state index in [4.69, 9.17) is 15.2 Å². The summed E-state index contributed by atoms with van der Waals surface area (Å²) in [6, 6.07) is 5.48. The van der Waals surface area contributed by atoms with Gasteiger partial charge in [-0.1, -0.05) is 6.92 Å². The maximum atomic E-state index is 5.96.